The normalized spacial score (nSPS) is 32.5. The molecule has 4 rings (SSSR count). The van der Waals surface area contributed by atoms with Gasteiger partial charge in [-0.2, -0.15) is 0 Å². The Morgan fingerprint density at radius 3 is 2.90 bits per heavy atom. The highest BCUT2D eigenvalue weighted by Gasteiger charge is 2.59. The molecule has 9 heteroatoms. The van der Waals surface area contributed by atoms with Gasteiger partial charge < -0.3 is 15.3 Å². The van der Waals surface area contributed by atoms with Crippen molar-refractivity contribution in [3.63, 3.8) is 0 Å². The minimum Gasteiger partial charge on any atom is -0.393 e. The summed E-state index contributed by atoms with van der Waals surface area (Å²) in [7, 11) is 2.01. The van der Waals surface area contributed by atoms with Gasteiger partial charge in [0.05, 0.1) is 31.7 Å². The number of β-lactam (4-membered cyclic amide) rings is 1. The fourth-order valence-electron chi connectivity index (χ4n) is 4.87. The van der Waals surface area contributed by atoms with Gasteiger partial charge in [-0.05, 0) is 24.9 Å². The number of imidazole rings is 1. The molecule has 6 atom stereocenters. The van der Waals surface area contributed by atoms with Crippen LogP contribution in [0.3, 0.4) is 0 Å². The number of nitrogens with zero attached hydrogens (tertiary/aromatic N) is 3. The van der Waals surface area contributed by atoms with E-state index in [0.29, 0.717) is 17.0 Å². The van der Waals surface area contributed by atoms with Crippen LogP contribution in [0.2, 0.25) is 0 Å². The van der Waals surface area contributed by atoms with Crippen molar-refractivity contribution in [2.75, 3.05) is 6.54 Å². The predicted octanol–water partition coefficient (Wildman–Crippen LogP) is 1.00. The molecule has 1 amide bonds. The first-order valence-corrected chi connectivity index (χ1v) is 11.4. The van der Waals surface area contributed by atoms with Gasteiger partial charge in [0.1, 0.15) is 18.1 Å². The second kappa shape index (κ2) is 8.06. The number of aryl methyl sites for hydroxylation is 2. The van der Waals surface area contributed by atoms with Crippen LogP contribution in [0, 0.1) is 11.8 Å². The quantitative estimate of drug-likeness (QED) is 0.376. The van der Waals surface area contributed by atoms with Gasteiger partial charge in [0.25, 0.3) is 5.24 Å². The summed E-state index contributed by atoms with van der Waals surface area (Å²) in [6, 6.07) is 0.263. The highest BCUT2D eigenvalue weighted by molar-refractivity contribution is 8.03. The summed E-state index contributed by atoms with van der Waals surface area (Å²) >= 11 is 7.56. The Labute approximate surface area is 180 Å². The number of carbonyl (C=O) groups is 2. The van der Waals surface area contributed by atoms with Crippen molar-refractivity contribution in [2.45, 2.75) is 56.7 Å². The fourth-order valence-corrected chi connectivity index (χ4v) is 6.64. The molecule has 2 saturated heterocycles. The minimum absolute atomic E-state index is 0.00826. The molecule has 0 bridgehead atoms. The number of amides is 1. The second-order valence-corrected chi connectivity index (χ2v) is 10.1. The summed E-state index contributed by atoms with van der Waals surface area (Å²) in [5, 5.41) is 13.3. The van der Waals surface area contributed by atoms with Gasteiger partial charge in [0.15, 0.2) is 0 Å². The molecule has 0 aromatic carbocycles. The lowest BCUT2D eigenvalue weighted by molar-refractivity contribution is -0.671. The molecule has 4 heterocycles. The van der Waals surface area contributed by atoms with Crippen LogP contribution in [0.5, 0.6) is 0 Å². The largest absolute Gasteiger partial charge is 0.393 e. The average Bonchev–Trinajstić information content (AvgIpc) is 3.32. The van der Waals surface area contributed by atoms with E-state index in [9.17, 15) is 14.7 Å². The smallest absolute Gasteiger partial charge is 0.269 e. The molecule has 0 unspecified atom stereocenters. The topological polar surface area (TPSA) is 78.4 Å². The molecule has 0 radical (unpaired) electrons. The van der Waals surface area contributed by atoms with E-state index in [4.69, 9.17) is 11.6 Å². The molecule has 158 valence electrons. The number of thioether (sulfide) groups is 1. The number of aliphatic hydroxyl groups excluding tert-OH is 1. The Kier molecular flexibility index (Phi) is 5.81. The summed E-state index contributed by atoms with van der Waals surface area (Å²) in [5.41, 5.74) is 0.333. The van der Waals surface area contributed by atoms with E-state index >= 15 is 0 Å². The SMILES string of the molecule is C[C@@H](O)[C@H]1C(=O)N2C(C(=O)Cl)=C(S[C@@H]3CN[C@H](CCn4cc[n+](C)c4)C3)[C@H](C)[C@H]12. The van der Waals surface area contributed by atoms with Crippen LogP contribution >= 0.6 is 23.4 Å². The number of hydrogen-bond donors (Lipinski definition) is 2. The lowest BCUT2D eigenvalue weighted by Crippen LogP contribution is -2.63. The first-order chi connectivity index (χ1) is 13.8. The van der Waals surface area contributed by atoms with Crippen molar-refractivity contribution in [2.24, 2.45) is 18.9 Å². The lowest BCUT2D eigenvalue weighted by Gasteiger charge is -2.46. The van der Waals surface area contributed by atoms with E-state index in [2.05, 4.69) is 22.4 Å². The predicted molar refractivity (Wildman–Crippen MR) is 111 cm³/mol. The van der Waals surface area contributed by atoms with Gasteiger partial charge in [-0.1, -0.05) is 6.92 Å². The number of nitrogens with one attached hydrogen (secondary N) is 1. The molecule has 0 aliphatic carbocycles. The van der Waals surface area contributed by atoms with E-state index < -0.39 is 17.3 Å². The van der Waals surface area contributed by atoms with Gasteiger partial charge in [-0.15, -0.1) is 11.8 Å². The number of halogens is 1. The van der Waals surface area contributed by atoms with Crippen LogP contribution in [-0.4, -0.2) is 55.7 Å². The maximum atomic E-state index is 12.5. The van der Waals surface area contributed by atoms with Crippen molar-refractivity contribution in [3.8, 4) is 0 Å². The van der Waals surface area contributed by atoms with Crippen molar-refractivity contribution < 1.29 is 19.3 Å². The molecular weight excluding hydrogens is 412 g/mol. The van der Waals surface area contributed by atoms with E-state index in [1.165, 1.54) is 4.90 Å². The van der Waals surface area contributed by atoms with E-state index in [1.54, 1.807) is 18.7 Å². The Morgan fingerprint density at radius 2 is 2.28 bits per heavy atom. The van der Waals surface area contributed by atoms with Crippen LogP contribution in [0.15, 0.2) is 29.3 Å². The van der Waals surface area contributed by atoms with Crippen LogP contribution in [0.25, 0.3) is 0 Å². The first kappa shape index (κ1) is 20.9. The molecule has 2 fully saturated rings. The number of fused-ring (bicyclic) bond motifs is 1. The Balaban J connectivity index is 1.41. The highest BCUT2D eigenvalue weighted by Crippen LogP contribution is 2.52. The number of carbonyl (C=O) groups excluding carboxylic acids is 2. The molecule has 2 N–H and O–H groups in total. The van der Waals surface area contributed by atoms with Gasteiger partial charge >= 0.3 is 0 Å². The number of aromatic nitrogens is 2. The van der Waals surface area contributed by atoms with Crippen molar-refractivity contribution in [1.82, 2.24) is 14.8 Å². The summed E-state index contributed by atoms with van der Waals surface area (Å²) in [5.74, 6) is -0.640. The second-order valence-electron chi connectivity index (χ2n) is 8.43. The van der Waals surface area contributed by atoms with Crippen molar-refractivity contribution in [3.05, 3.63) is 29.3 Å². The fraction of sp³-hybridized carbons (Fsp3) is 0.650. The van der Waals surface area contributed by atoms with Gasteiger partial charge in [0, 0.05) is 35.1 Å². The summed E-state index contributed by atoms with van der Waals surface area (Å²) < 4.78 is 4.21. The Hall–Kier alpha value is -1.35. The first-order valence-electron chi connectivity index (χ1n) is 10.1. The van der Waals surface area contributed by atoms with Crippen LogP contribution in [-0.2, 0) is 23.2 Å². The molecule has 0 spiro atoms. The van der Waals surface area contributed by atoms with Gasteiger partial charge in [-0.3, -0.25) is 9.59 Å². The number of rotatable bonds is 7. The zero-order valence-electron chi connectivity index (χ0n) is 16.9. The number of aliphatic hydroxyl groups is 1. The van der Waals surface area contributed by atoms with E-state index in [1.807, 2.05) is 24.7 Å². The van der Waals surface area contributed by atoms with E-state index in [0.717, 1.165) is 30.8 Å². The van der Waals surface area contributed by atoms with Crippen LogP contribution < -0.4 is 9.88 Å². The third kappa shape index (κ3) is 3.76. The van der Waals surface area contributed by atoms with Crippen LogP contribution in [0.4, 0.5) is 0 Å². The lowest BCUT2D eigenvalue weighted by atomic mass is 9.79. The maximum absolute atomic E-state index is 12.5. The molecule has 3 aliphatic rings. The molecule has 0 saturated carbocycles. The molecule has 1 aromatic rings. The number of allylic oxidation sites excluding steroid dienone is 1. The molecule has 7 nitrogen and oxygen atoms in total. The summed E-state index contributed by atoms with van der Waals surface area (Å²) in [6.07, 6.45) is 7.50. The standard InChI is InChI=1S/C20H28ClN4O3S/c1-11-16-15(12(2)26)20(28)25(16)17(19(21)27)18(11)29-14-8-13(22-9-14)4-5-24-7-6-23(3)10-24/h6-7,10-16,22,26H,4-5,8-9H2,1-3H3/q+1/t11-,12-,13-,14+,15-,16-/m1/s1. The molecule has 1 aromatic heterocycles. The monoisotopic (exact) mass is 439 g/mol. The third-order valence-electron chi connectivity index (χ3n) is 6.33. The Bertz CT molecular complexity index is 855. The maximum Gasteiger partial charge on any atom is 0.269 e. The third-order valence-corrected chi connectivity index (χ3v) is 8.02. The highest BCUT2D eigenvalue weighted by atomic mass is 35.5. The molecular formula is C20H28ClN4O3S+. The van der Waals surface area contributed by atoms with Crippen molar-refractivity contribution in [1.29, 1.82) is 0 Å². The summed E-state index contributed by atoms with van der Waals surface area (Å²) in [4.78, 5) is 27.0. The molecule has 3 aliphatic heterocycles. The van der Waals surface area contributed by atoms with Crippen molar-refractivity contribution >= 4 is 34.5 Å². The summed E-state index contributed by atoms with van der Waals surface area (Å²) in [6.45, 7) is 5.49. The van der Waals surface area contributed by atoms with Gasteiger partial charge in [-0.25, -0.2) is 9.13 Å². The molecule has 29 heavy (non-hydrogen) atoms. The van der Waals surface area contributed by atoms with Gasteiger partial charge in [0.2, 0.25) is 12.2 Å². The van der Waals surface area contributed by atoms with E-state index in [-0.39, 0.29) is 17.9 Å². The Morgan fingerprint density at radius 1 is 1.52 bits per heavy atom. The number of hydrogen-bond acceptors (Lipinski definition) is 5. The average molecular weight is 440 g/mol. The zero-order chi connectivity index (χ0) is 20.9. The minimum atomic E-state index is -0.727. The zero-order valence-corrected chi connectivity index (χ0v) is 18.5. The van der Waals surface area contributed by atoms with Crippen LogP contribution in [0.1, 0.15) is 26.7 Å².